The number of anilines is 1. The summed E-state index contributed by atoms with van der Waals surface area (Å²) < 4.78 is 0. The van der Waals surface area contributed by atoms with Crippen LogP contribution in [0.4, 0.5) is 5.69 Å². The van der Waals surface area contributed by atoms with Crippen molar-refractivity contribution >= 4 is 17.6 Å². The minimum absolute atomic E-state index is 0.0386. The minimum atomic E-state index is -0.173. The van der Waals surface area contributed by atoms with E-state index in [-0.39, 0.29) is 11.9 Å². The number of amides is 1. The molecule has 3 aromatic carbocycles. The summed E-state index contributed by atoms with van der Waals surface area (Å²) in [5, 5.41) is 18.3. The predicted molar refractivity (Wildman–Crippen MR) is 154 cm³/mol. The lowest BCUT2D eigenvalue weighted by Crippen LogP contribution is -2.34. The van der Waals surface area contributed by atoms with E-state index in [1.807, 2.05) is 66.9 Å². The molecular formula is C31H36N6O. The average Bonchev–Trinajstić information content (AvgIpc) is 3.47. The molecule has 1 amide bonds. The zero-order valence-electron chi connectivity index (χ0n) is 21.8. The molecule has 0 bridgehead atoms. The fraction of sp³-hybridized carbons (Fsp3) is 0.323. The summed E-state index contributed by atoms with van der Waals surface area (Å²) in [6.45, 7) is 3.83. The zero-order valence-corrected chi connectivity index (χ0v) is 21.8. The highest BCUT2D eigenvalue weighted by Gasteiger charge is 2.15. The highest BCUT2D eigenvalue weighted by Crippen LogP contribution is 2.21. The Kier molecular flexibility index (Phi) is 10.3. The quantitative estimate of drug-likeness (QED) is 0.150. The molecule has 7 nitrogen and oxygen atoms in total. The first-order valence-corrected chi connectivity index (χ1v) is 13.4. The average molecular weight is 509 g/mol. The first kappa shape index (κ1) is 26.9. The number of hydrogen-bond acceptors (Lipinski definition) is 4. The maximum absolute atomic E-state index is 12.6. The number of nitrogens with one attached hydrogen (secondary N) is 3. The van der Waals surface area contributed by atoms with Gasteiger partial charge in [0, 0.05) is 25.2 Å². The van der Waals surface area contributed by atoms with Gasteiger partial charge in [-0.3, -0.25) is 10.1 Å². The maximum Gasteiger partial charge on any atom is 0.220 e. The van der Waals surface area contributed by atoms with Crippen molar-refractivity contribution in [1.82, 2.24) is 15.5 Å². The summed E-state index contributed by atoms with van der Waals surface area (Å²) in [4.78, 5) is 19.8. The van der Waals surface area contributed by atoms with Gasteiger partial charge in [0.25, 0.3) is 0 Å². The largest absolute Gasteiger partial charge is 0.355 e. The molecular weight excluding hydrogens is 472 g/mol. The lowest BCUT2D eigenvalue weighted by Gasteiger charge is -2.17. The molecule has 4 rings (SSSR count). The van der Waals surface area contributed by atoms with Crippen LogP contribution < -0.4 is 16.0 Å². The monoisotopic (exact) mass is 508 g/mol. The van der Waals surface area contributed by atoms with Gasteiger partial charge in [-0.2, -0.15) is 5.26 Å². The number of nitrogens with zero attached hydrogens (tertiary/aromatic N) is 3. The third-order valence-corrected chi connectivity index (χ3v) is 6.71. The summed E-state index contributed by atoms with van der Waals surface area (Å²) in [5.74, 6) is 0.409. The van der Waals surface area contributed by atoms with Gasteiger partial charge in [0.15, 0.2) is 6.19 Å². The molecule has 7 heteroatoms. The van der Waals surface area contributed by atoms with Crippen LogP contribution in [-0.2, 0) is 11.2 Å². The van der Waals surface area contributed by atoms with Crippen LogP contribution in [0.3, 0.4) is 0 Å². The third-order valence-electron chi connectivity index (χ3n) is 6.71. The fourth-order valence-electron chi connectivity index (χ4n) is 4.69. The molecule has 1 fully saturated rings. The van der Waals surface area contributed by atoms with Gasteiger partial charge in [0.05, 0.1) is 6.04 Å². The smallest absolute Gasteiger partial charge is 0.220 e. The highest BCUT2D eigenvalue weighted by molar-refractivity contribution is 5.95. The van der Waals surface area contributed by atoms with Crippen LogP contribution in [0.2, 0.25) is 0 Å². The van der Waals surface area contributed by atoms with Crippen LogP contribution in [0.5, 0.6) is 0 Å². The molecule has 0 radical (unpaired) electrons. The number of benzene rings is 3. The van der Waals surface area contributed by atoms with E-state index in [1.54, 1.807) is 0 Å². The van der Waals surface area contributed by atoms with Crippen LogP contribution in [0.25, 0.3) is 11.1 Å². The number of carbonyl (C=O) groups excluding carboxylic acids is 1. The van der Waals surface area contributed by atoms with Gasteiger partial charge < -0.3 is 15.5 Å². The lowest BCUT2D eigenvalue weighted by atomic mass is 10.0. The van der Waals surface area contributed by atoms with Crippen molar-refractivity contribution in [3.8, 4) is 17.3 Å². The predicted octanol–water partition coefficient (Wildman–Crippen LogP) is 4.80. The fourth-order valence-corrected chi connectivity index (χ4v) is 4.69. The standard InChI is InChI=1S/C31H36N6O/c32-24-34-31(35-28-15-13-27(14-16-28)26-11-5-2-6-12-26)36-29(23-25-9-3-1-4-10-25)17-18-30(38)33-19-22-37-20-7-8-21-37/h1-6,9-16,29H,7-8,17-23H2,(H,33,38)(H2,34,35,36)/t29-/m0/s1. The molecule has 1 heterocycles. The van der Waals surface area contributed by atoms with E-state index in [0.717, 1.165) is 42.0 Å². The van der Waals surface area contributed by atoms with Crippen molar-refractivity contribution in [2.45, 2.75) is 38.1 Å². The first-order chi connectivity index (χ1) is 18.7. The number of nitriles is 1. The molecule has 0 aromatic heterocycles. The minimum Gasteiger partial charge on any atom is -0.355 e. The van der Waals surface area contributed by atoms with E-state index >= 15 is 0 Å². The van der Waals surface area contributed by atoms with E-state index in [1.165, 1.54) is 12.8 Å². The van der Waals surface area contributed by atoms with Gasteiger partial charge in [0.1, 0.15) is 0 Å². The molecule has 38 heavy (non-hydrogen) atoms. The van der Waals surface area contributed by atoms with Crippen LogP contribution in [-0.4, -0.2) is 49.0 Å². The third kappa shape index (κ3) is 8.75. The Bertz CT molecular complexity index is 1200. The molecule has 1 aliphatic heterocycles. The van der Waals surface area contributed by atoms with E-state index in [9.17, 15) is 10.1 Å². The van der Waals surface area contributed by atoms with Crippen molar-refractivity contribution in [2.75, 3.05) is 31.5 Å². The van der Waals surface area contributed by atoms with Gasteiger partial charge in [-0.25, -0.2) is 4.99 Å². The van der Waals surface area contributed by atoms with Crippen LogP contribution >= 0.6 is 0 Å². The summed E-state index contributed by atoms with van der Waals surface area (Å²) in [7, 11) is 0. The van der Waals surface area contributed by atoms with E-state index in [4.69, 9.17) is 4.99 Å². The van der Waals surface area contributed by atoms with Crippen molar-refractivity contribution in [2.24, 2.45) is 4.99 Å². The molecule has 0 aliphatic carbocycles. The van der Waals surface area contributed by atoms with Crippen molar-refractivity contribution in [3.05, 3.63) is 90.5 Å². The second-order valence-corrected chi connectivity index (χ2v) is 9.56. The lowest BCUT2D eigenvalue weighted by molar-refractivity contribution is -0.121. The first-order valence-electron chi connectivity index (χ1n) is 13.4. The Hall–Kier alpha value is -4.15. The topological polar surface area (TPSA) is 92.5 Å². The van der Waals surface area contributed by atoms with Crippen molar-refractivity contribution < 1.29 is 4.79 Å². The van der Waals surface area contributed by atoms with Gasteiger partial charge in [-0.05, 0) is 67.6 Å². The highest BCUT2D eigenvalue weighted by atomic mass is 16.1. The summed E-state index contributed by atoms with van der Waals surface area (Å²) in [6.07, 6.45) is 6.12. The van der Waals surface area contributed by atoms with Gasteiger partial charge >= 0.3 is 0 Å². The zero-order chi connectivity index (χ0) is 26.4. The van der Waals surface area contributed by atoms with Crippen LogP contribution in [0.1, 0.15) is 31.2 Å². The van der Waals surface area contributed by atoms with Gasteiger partial charge in [-0.15, -0.1) is 0 Å². The molecule has 0 spiro atoms. The molecule has 3 aromatic rings. The molecule has 0 unspecified atom stereocenters. The molecule has 196 valence electrons. The number of likely N-dealkylation sites (tertiary alicyclic amines) is 1. The maximum atomic E-state index is 12.6. The normalized spacial score (nSPS) is 14.4. The van der Waals surface area contributed by atoms with Gasteiger partial charge in [0.2, 0.25) is 11.9 Å². The summed E-state index contributed by atoms with van der Waals surface area (Å²) >= 11 is 0. The van der Waals surface area contributed by atoms with E-state index in [2.05, 4.69) is 45.1 Å². The van der Waals surface area contributed by atoms with Crippen molar-refractivity contribution in [3.63, 3.8) is 0 Å². The number of aliphatic imine (C=N–C) groups is 1. The Balaban J connectivity index is 1.40. The van der Waals surface area contributed by atoms with Gasteiger partial charge in [-0.1, -0.05) is 72.8 Å². The summed E-state index contributed by atoms with van der Waals surface area (Å²) in [6, 6.07) is 28.1. The molecule has 1 saturated heterocycles. The van der Waals surface area contributed by atoms with E-state index < -0.39 is 0 Å². The Labute approximate surface area is 225 Å². The molecule has 3 N–H and O–H groups in total. The second-order valence-electron chi connectivity index (χ2n) is 9.56. The Morgan fingerprint density at radius 1 is 0.921 bits per heavy atom. The number of carbonyl (C=O) groups is 1. The summed E-state index contributed by atoms with van der Waals surface area (Å²) in [5.41, 5.74) is 4.22. The van der Waals surface area contributed by atoms with E-state index in [0.29, 0.717) is 31.8 Å². The number of guanidine groups is 1. The second kappa shape index (κ2) is 14.6. The molecule has 1 atom stereocenters. The van der Waals surface area contributed by atoms with Crippen molar-refractivity contribution in [1.29, 1.82) is 5.26 Å². The SMILES string of the molecule is N#CNC(=N[C@@H](CCC(=O)NCCN1CCCC1)Cc1ccccc1)Nc1ccc(-c2ccccc2)cc1. The van der Waals surface area contributed by atoms with Crippen LogP contribution in [0, 0.1) is 11.5 Å². The molecule has 0 saturated carbocycles. The number of hydrogen-bond donors (Lipinski definition) is 3. The van der Waals surface area contributed by atoms with Crippen LogP contribution in [0.15, 0.2) is 89.9 Å². The molecule has 1 aliphatic rings. The Morgan fingerprint density at radius 2 is 1.58 bits per heavy atom. The Morgan fingerprint density at radius 3 is 2.26 bits per heavy atom. The number of rotatable bonds is 11.